The minimum absolute atomic E-state index is 0.0199. The fraction of sp³-hybridized carbons (Fsp3) is 0.469. The van der Waals surface area contributed by atoms with Crippen LogP contribution in [0, 0.1) is 28.6 Å². The molecule has 5 amide bonds. The Balaban J connectivity index is 0.691. The van der Waals surface area contributed by atoms with Gasteiger partial charge in [0, 0.05) is 55.8 Å². The van der Waals surface area contributed by atoms with Gasteiger partial charge in [-0.1, -0.05) is 20.8 Å². The number of ether oxygens (including phenoxy) is 2. The summed E-state index contributed by atoms with van der Waals surface area (Å²) < 4.78 is 12.8. The molecule has 3 unspecified atom stereocenters. The zero-order chi connectivity index (χ0) is 44.7. The van der Waals surface area contributed by atoms with Crippen LogP contribution in [-0.2, 0) is 15.0 Å². The second-order valence-corrected chi connectivity index (χ2v) is 19.2. The summed E-state index contributed by atoms with van der Waals surface area (Å²) in [6.07, 6.45) is 7.37. The Labute approximate surface area is 371 Å². The molecular formula is C49H52N8O7. The lowest BCUT2D eigenvalue weighted by Crippen LogP contribution is -2.78. The number of nitriles is 1. The molecule has 15 heteroatoms. The van der Waals surface area contributed by atoms with E-state index in [4.69, 9.17) is 14.5 Å². The van der Waals surface area contributed by atoms with Crippen LogP contribution >= 0.6 is 0 Å². The number of piperidine rings is 2. The molecule has 15 nitrogen and oxygen atoms in total. The number of carbonyl (C=O) groups excluding carboxylic acids is 5. The van der Waals surface area contributed by atoms with Gasteiger partial charge in [0.2, 0.25) is 11.8 Å². The molecule has 6 aliphatic rings. The second kappa shape index (κ2) is 15.7. The highest BCUT2D eigenvalue weighted by Gasteiger charge is 2.69. The van der Waals surface area contributed by atoms with Gasteiger partial charge in [0.05, 0.1) is 45.3 Å². The highest BCUT2D eigenvalue weighted by molar-refractivity contribution is 6.23. The monoisotopic (exact) mass is 864 g/mol. The van der Waals surface area contributed by atoms with Crippen molar-refractivity contribution in [1.82, 2.24) is 30.4 Å². The summed E-state index contributed by atoms with van der Waals surface area (Å²) in [5, 5.41) is 16.2. The van der Waals surface area contributed by atoms with E-state index < -0.39 is 35.1 Å². The van der Waals surface area contributed by atoms with Gasteiger partial charge < -0.3 is 24.6 Å². The number of hydrogen-bond donors (Lipinski definition) is 2. The van der Waals surface area contributed by atoms with Crippen molar-refractivity contribution in [2.24, 2.45) is 17.3 Å². The van der Waals surface area contributed by atoms with E-state index in [-0.39, 0.29) is 53.5 Å². The van der Waals surface area contributed by atoms with E-state index in [2.05, 4.69) is 59.2 Å². The topological polar surface area (TPSA) is 187 Å². The van der Waals surface area contributed by atoms with Crippen LogP contribution < -0.4 is 25.0 Å². The summed E-state index contributed by atoms with van der Waals surface area (Å²) in [5.41, 5.74) is 2.23. The second-order valence-electron chi connectivity index (χ2n) is 19.2. The third-order valence-electron chi connectivity index (χ3n) is 15.0. The van der Waals surface area contributed by atoms with Crippen LogP contribution in [0.25, 0.3) is 10.9 Å². The summed E-state index contributed by atoms with van der Waals surface area (Å²) in [5.74, 6) is 0.914. The molecule has 6 heterocycles. The summed E-state index contributed by atoms with van der Waals surface area (Å²) >= 11 is 0. The third-order valence-corrected chi connectivity index (χ3v) is 15.0. The lowest BCUT2D eigenvalue weighted by Gasteiger charge is -2.66. The van der Waals surface area contributed by atoms with E-state index in [1.54, 1.807) is 36.7 Å². The van der Waals surface area contributed by atoms with E-state index >= 15 is 0 Å². The number of pyridine rings is 2. The lowest BCUT2D eigenvalue weighted by molar-refractivity contribution is -0.136. The number of fused-ring (bicyclic) bond motifs is 3. The first kappa shape index (κ1) is 41.6. The molecule has 4 atom stereocenters. The first-order valence-electron chi connectivity index (χ1n) is 22.5. The zero-order valence-corrected chi connectivity index (χ0v) is 36.6. The number of anilines is 1. The average Bonchev–Trinajstić information content (AvgIpc) is 3.53. The van der Waals surface area contributed by atoms with Crippen LogP contribution in [0.15, 0.2) is 60.9 Å². The maximum Gasteiger partial charge on any atom is 0.262 e. The quantitative estimate of drug-likeness (QED) is 0.189. The van der Waals surface area contributed by atoms with E-state index in [1.807, 2.05) is 24.3 Å². The van der Waals surface area contributed by atoms with Crippen LogP contribution in [0.4, 0.5) is 5.82 Å². The van der Waals surface area contributed by atoms with Crippen molar-refractivity contribution in [3.63, 3.8) is 0 Å². The van der Waals surface area contributed by atoms with Gasteiger partial charge >= 0.3 is 0 Å². The Morgan fingerprint density at radius 2 is 1.73 bits per heavy atom. The number of carbonyl (C=O) groups is 5. The summed E-state index contributed by atoms with van der Waals surface area (Å²) in [6, 6.07) is 15.3. The Morgan fingerprint density at radius 1 is 0.969 bits per heavy atom. The highest BCUT2D eigenvalue weighted by atomic mass is 16.5. The number of benzene rings is 2. The number of hydrogen-bond acceptors (Lipinski definition) is 12. The third kappa shape index (κ3) is 6.76. The van der Waals surface area contributed by atoms with Crippen LogP contribution in [0.3, 0.4) is 0 Å². The zero-order valence-electron chi connectivity index (χ0n) is 36.6. The van der Waals surface area contributed by atoms with E-state index in [1.165, 1.54) is 0 Å². The normalized spacial score (nSPS) is 26.9. The van der Waals surface area contributed by atoms with Gasteiger partial charge in [0.25, 0.3) is 17.7 Å². The molecule has 0 bridgehead atoms. The Bertz CT molecular complexity index is 2650. The maximum absolute atomic E-state index is 13.8. The SMILES string of the molecule is CCN(CC1CCN(c2ccc(C(=O)NC3C(C)(C)[C@@H]4Oc5ccc(C#N)c6nccc(c56)C34C)cn2)CC1)CC1CC(Oc2ccc3c(c2)C(=O)N(C2CCC(=O)NC2=O)C3=O)C1. The van der Waals surface area contributed by atoms with Crippen molar-refractivity contribution in [2.45, 2.75) is 95.9 Å². The van der Waals surface area contributed by atoms with Crippen molar-refractivity contribution >= 4 is 46.3 Å². The molecule has 4 fully saturated rings. The maximum atomic E-state index is 13.8. The van der Waals surface area contributed by atoms with Gasteiger partial charge in [-0.05, 0) is 112 Å². The molecule has 10 rings (SSSR count). The molecule has 0 spiro atoms. The van der Waals surface area contributed by atoms with Crippen LogP contribution in [0.2, 0.25) is 0 Å². The molecule has 4 aromatic rings. The van der Waals surface area contributed by atoms with Gasteiger partial charge in [-0.2, -0.15) is 5.26 Å². The molecule has 64 heavy (non-hydrogen) atoms. The number of rotatable bonds is 11. The van der Waals surface area contributed by atoms with E-state index in [0.717, 1.165) is 85.8 Å². The van der Waals surface area contributed by atoms with Crippen molar-refractivity contribution in [3.05, 3.63) is 88.7 Å². The molecule has 2 saturated carbocycles. The molecule has 330 valence electrons. The van der Waals surface area contributed by atoms with Crippen molar-refractivity contribution < 1.29 is 33.4 Å². The van der Waals surface area contributed by atoms with Crippen molar-refractivity contribution in [3.8, 4) is 17.6 Å². The van der Waals surface area contributed by atoms with Gasteiger partial charge in [-0.15, -0.1) is 0 Å². The smallest absolute Gasteiger partial charge is 0.262 e. The van der Waals surface area contributed by atoms with Gasteiger partial charge in [0.15, 0.2) is 0 Å². The molecule has 2 N–H and O–H groups in total. The number of nitrogens with zero attached hydrogens (tertiary/aromatic N) is 6. The Hall–Kier alpha value is -6.40. The van der Waals surface area contributed by atoms with Crippen molar-refractivity contribution in [1.29, 1.82) is 5.26 Å². The van der Waals surface area contributed by atoms with Gasteiger partial charge in [0.1, 0.15) is 35.5 Å². The first-order chi connectivity index (χ1) is 30.8. The summed E-state index contributed by atoms with van der Waals surface area (Å²) in [7, 11) is 0. The summed E-state index contributed by atoms with van der Waals surface area (Å²) in [4.78, 5) is 79.3. The van der Waals surface area contributed by atoms with Crippen LogP contribution in [0.1, 0.15) is 108 Å². The standard InChI is InChI=1S/C49H52N8O7/c1-5-55(26-28-20-32(21-28)63-31-8-9-33-34(22-31)45(62)57(44(33)61)36-10-13-39(58)53-43(36)60)25-27-15-18-56(19-16-27)38-12-7-30(24-52-38)42(59)54-46-48(2,3)47-49(46,4)35-14-17-51-41-29(23-50)6-11-37(64-47)40(35)41/h6-9,11-12,14,17,22,24,27-28,32,36,46-47H,5,10,13,15-16,18-21,25-26H2,1-4H3,(H,54,59)(H,53,58,60)/t28?,32?,36?,46?,47-,49?/m0/s1. The predicted molar refractivity (Wildman–Crippen MR) is 235 cm³/mol. The lowest BCUT2D eigenvalue weighted by atomic mass is 9.45. The van der Waals surface area contributed by atoms with Crippen LogP contribution in [-0.4, -0.2) is 106 Å². The minimum Gasteiger partial charge on any atom is -0.490 e. The summed E-state index contributed by atoms with van der Waals surface area (Å²) in [6.45, 7) is 13.4. The largest absolute Gasteiger partial charge is 0.490 e. The average molecular weight is 865 g/mol. The fourth-order valence-corrected chi connectivity index (χ4v) is 11.6. The van der Waals surface area contributed by atoms with Gasteiger partial charge in [-0.25, -0.2) is 4.98 Å². The molecule has 2 aliphatic carbocycles. The first-order valence-corrected chi connectivity index (χ1v) is 22.5. The molecular weight excluding hydrogens is 813 g/mol. The fourth-order valence-electron chi connectivity index (χ4n) is 11.6. The molecule has 0 radical (unpaired) electrons. The van der Waals surface area contributed by atoms with Crippen LogP contribution in [0.5, 0.6) is 11.5 Å². The number of nitrogens with one attached hydrogen (secondary N) is 2. The Morgan fingerprint density at radius 3 is 2.45 bits per heavy atom. The molecule has 4 aliphatic heterocycles. The minimum atomic E-state index is -0.998. The molecule has 2 saturated heterocycles. The van der Waals surface area contributed by atoms with E-state index in [9.17, 15) is 29.2 Å². The highest BCUT2D eigenvalue weighted by Crippen LogP contribution is 2.61. The molecule has 2 aromatic carbocycles. The number of aromatic nitrogens is 2. The predicted octanol–water partition coefficient (Wildman–Crippen LogP) is 5.16. The van der Waals surface area contributed by atoms with Gasteiger partial charge in [-0.3, -0.25) is 39.2 Å². The molecule has 2 aromatic heterocycles. The van der Waals surface area contributed by atoms with Crippen molar-refractivity contribution in [2.75, 3.05) is 37.6 Å². The number of imide groups is 2. The number of amides is 5. The van der Waals surface area contributed by atoms with E-state index in [0.29, 0.717) is 34.2 Å². The Kier molecular flexibility index (Phi) is 10.2.